The molecule has 0 unspecified atom stereocenters. The molecule has 0 bridgehead atoms. The molecule has 0 heterocycles. The molecule has 0 radical (unpaired) electrons. The molecule has 32 heavy (non-hydrogen) atoms. The van der Waals surface area contributed by atoms with Gasteiger partial charge in [0.2, 0.25) is 11.8 Å². The molecule has 0 spiro atoms. The maximum atomic E-state index is 12.4. The third-order valence-electron chi connectivity index (χ3n) is 4.33. The van der Waals surface area contributed by atoms with E-state index < -0.39 is 0 Å². The van der Waals surface area contributed by atoms with E-state index in [2.05, 4.69) is 10.6 Å². The highest BCUT2D eigenvalue weighted by Gasteiger charge is 2.14. The number of anilines is 2. The first-order valence-corrected chi connectivity index (χ1v) is 10.3. The number of rotatable bonds is 12. The lowest BCUT2D eigenvalue weighted by molar-refractivity contribution is -0.119. The molecule has 2 N–H and O–H groups in total. The van der Waals surface area contributed by atoms with Gasteiger partial charge in [-0.3, -0.25) is 14.5 Å². The molecule has 0 aliphatic carbocycles. The predicted molar refractivity (Wildman–Crippen MR) is 123 cm³/mol. The number of carbonyl (C=O) groups is 2. The predicted octanol–water partition coefficient (Wildman–Crippen LogP) is 3.01. The van der Waals surface area contributed by atoms with Crippen LogP contribution in [0.4, 0.5) is 11.4 Å². The molecular weight excluding hydrogens is 414 g/mol. The van der Waals surface area contributed by atoms with Gasteiger partial charge in [0.05, 0.1) is 46.2 Å². The lowest BCUT2D eigenvalue weighted by Gasteiger charge is -2.18. The first-order chi connectivity index (χ1) is 15.4. The van der Waals surface area contributed by atoms with Gasteiger partial charge in [0.25, 0.3) is 0 Å². The minimum atomic E-state index is -0.286. The van der Waals surface area contributed by atoms with Crippen LogP contribution in [0.15, 0.2) is 36.4 Å². The SMILES string of the molecule is CCOc1ccc(NC(=O)CN(C)CC(=O)Nc2cc(OC)ccc2OC)cc1OCC. The van der Waals surface area contributed by atoms with Crippen molar-refractivity contribution in [2.24, 2.45) is 0 Å². The highest BCUT2D eigenvalue weighted by atomic mass is 16.5. The van der Waals surface area contributed by atoms with E-state index in [-0.39, 0.29) is 24.9 Å². The topological polar surface area (TPSA) is 98.4 Å². The molecule has 2 aromatic carbocycles. The van der Waals surface area contributed by atoms with Crippen molar-refractivity contribution in [2.45, 2.75) is 13.8 Å². The fourth-order valence-corrected chi connectivity index (χ4v) is 2.98. The van der Waals surface area contributed by atoms with Crippen molar-refractivity contribution in [2.75, 3.05) is 58.2 Å². The Morgan fingerprint density at radius 2 is 1.44 bits per heavy atom. The summed E-state index contributed by atoms with van der Waals surface area (Å²) in [7, 11) is 4.75. The van der Waals surface area contributed by atoms with Crippen LogP contribution in [0.1, 0.15) is 13.8 Å². The molecule has 9 nitrogen and oxygen atoms in total. The fourth-order valence-electron chi connectivity index (χ4n) is 2.98. The van der Waals surface area contributed by atoms with Gasteiger partial charge in [-0.15, -0.1) is 0 Å². The molecule has 2 amide bonds. The van der Waals surface area contributed by atoms with E-state index in [0.29, 0.717) is 47.6 Å². The molecule has 2 rings (SSSR count). The molecule has 0 saturated carbocycles. The average molecular weight is 446 g/mol. The summed E-state index contributed by atoms with van der Waals surface area (Å²) in [6.07, 6.45) is 0. The van der Waals surface area contributed by atoms with Gasteiger partial charge in [0.15, 0.2) is 11.5 Å². The second-order valence-corrected chi connectivity index (χ2v) is 6.86. The smallest absolute Gasteiger partial charge is 0.238 e. The van der Waals surface area contributed by atoms with E-state index >= 15 is 0 Å². The van der Waals surface area contributed by atoms with Crippen LogP contribution in [0.2, 0.25) is 0 Å². The summed E-state index contributed by atoms with van der Waals surface area (Å²) in [5, 5.41) is 5.59. The van der Waals surface area contributed by atoms with Crippen molar-refractivity contribution in [3.63, 3.8) is 0 Å². The molecule has 0 atom stereocenters. The van der Waals surface area contributed by atoms with Crippen LogP contribution in [0.3, 0.4) is 0 Å². The molecule has 0 aliphatic rings. The number of benzene rings is 2. The van der Waals surface area contributed by atoms with E-state index in [1.807, 2.05) is 13.8 Å². The van der Waals surface area contributed by atoms with Gasteiger partial charge in [-0.2, -0.15) is 0 Å². The highest BCUT2D eigenvalue weighted by Crippen LogP contribution is 2.31. The zero-order chi connectivity index (χ0) is 23.5. The molecule has 174 valence electrons. The fraction of sp³-hybridized carbons (Fsp3) is 0.391. The number of likely N-dealkylation sites (N-methyl/N-ethyl adjacent to an activating group) is 1. The maximum Gasteiger partial charge on any atom is 0.238 e. The van der Waals surface area contributed by atoms with E-state index in [0.717, 1.165) is 0 Å². The second kappa shape index (κ2) is 12.4. The summed E-state index contributed by atoms with van der Waals surface area (Å²) < 4.78 is 21.6. The number of carbonyl (C=O) groups excluding carboxylic acids is 2. The maximum absolute atomic E-state index is 12.4. The molecular formula is C23H31N3O6. The van der Waals surface area contributed by atoms with Crippen molar-refractivity contribution in [3.05, 3.63) is 36.4 Å². The van der Waals surface area contributed by atoms with E-state index in [1.54, 1.807) is 55.5 Å². The zero-order valence-electron chi connectivity index (χ0n) is 19.2. The van der Waals surface area contributed by atoms with Crippen LogP contribution >= 0.6 is 0 Å². The van der Waals surface area contributed by atoms with Gasteiger partial charge < -0.3 is 29.6 Å². The van der Waals surface area contributed by atoms with Crippen molar-refractivity contribution < 1.29 is 28.5 Å². The standard InChI is InChI=1S/C23H31N3O6/c1-6-31-20-10-8-16(12-21(20)32-7-2)24-22(27)14-26(3)15-23(28)25-18-13-17(29-4)9-11-19(18)30-5/h8-13H,6-7,14-15H2,1-5H3,(H,24,27)(H,25,28). The van der Waals surface area contributed by atoms with Crippen LogP contribution < -0.4 is 29.6 Å². The summed E-state index contributed by atoms with van der Waals surface area (Å²) in [6.45, 7) is 4.80. The van der Waals surface area contributed by atoms with Crippen molar-refractivity contribution >= 4 is 23.2 Å². The summed E-state index contributed by atoms with van der Waals surface area (Å²) in [4.78, 5) is 26.5. The van der Waals surface area contributed by atoms with Crippen LogP contribution in [-0.2, 0) is 9.59 Å². The summed E-state index contributed by atoms with van der Waals surface area (Å²) in [5.41, 5.74) is 1.08. The Kier molecular flexibility index (Phi) is 9.62. The summed E-state index contributed by atoms with van der Waals surface area (Å²) >= 11 is 0. The molecule has 2 aromatic rings. The van der Waals surface area contributed by atoms with Crippen LogP contribution in [0.5, 0.6) is 23.0 Å². The normalized spacial score (nSPS) is 10.4. The number of nitrogens with zero attached hydrogens (tertiary/aromatic N) is 1. The average Bonchev–Trinajstić information content (AvgIpc) is 2.75. The molecule has 0 fully saturated rings. The second-order valence-electron chi connectivity index (χ2n) is 6.86. The van der Waals surface area contributed by atoms with E-state index in [9.17, 15) is 9.59 Å². The Hall–Kier alpha value is -3.46. The third kappa shape index (κ3) is 7.35. The van der Waals surface area contributed by atoms with Gasteiger partial charge in [0, 0.05) is 17.8 Å². The summed E-state index contributed by atoms with van der Waals surface area (Å²) in [5.74, 6) is 1.74. The van der Waals surface area contributed by atoms with Gasteiger partial charge in [0.1, 0.15) is 11.5 Å². The third-order valence-corrected chi connectivity index (χ3v) is 4.33. The molecule has 0 aliphatic heterocycles. The number of methoxy groups -OCH3 is 2. The van der Waals surface area contributed by atoms with Crippen molar-refractivity contribution in [1.82, 2.24) is 4.90 Å². The van der Waals surface area contributed by atoms with E-state index in [1.165, 1.54) is 7.11 Å². The zero-order valence-corrected chi connectivity index (χ0v) is 19.2. The quantitative estimate of drug-likeness (QED) is 0.518. The highest BCUT2D eigenvalue weighted by molar-refractivity contribution is 5.95. The van der Waals surface area contributed by atoms with Crippen LogP contribution in [-0.4, -0.2) is 64.3 Å². The monoisotopic (exact) mass is 445 g/mol. The lowest BCUT2D eigenvalue weighted by Crippen LogP contribution is -2.36. The molecule has 0 saturated heterocycles. The Labute approximate surface area is 188 Å². The van der Waals surface area contributed by atoms with E-state index in [4.69, 9.17) is 18.9 Å². The summed E-state index contributed by atoms with van der Waals surface area (Å²) in [6, 6.07) is 10.3. The van der Waals surface area contributed by atoms with Crippen molar-refractivity contribution in [1.29, 1.82) is 0 Å². The van der Waals surface area contributed by atoms with Gasteiger partial charge >= 0.3 is 0 Å². The molecule has 0 aromatic heterocycles. The van der Waals surface area contributed by atoms with Gasteiger partial charge in [-0.05, 0) is 45.2 Å². The van der Waals surface area contributed by atoms with Crippen molar-refractivity contribution in [3.8, 4) is 23.0 Å². The molecule has 9 heteroatoms. The Morgan fingerprint density at radius 1 is 0.812 bits per heavy atom. The minimum Gasteiger partial charge on any atom is -0.497 e. The van der Waals surface area contributed by atoms with Crippen LogP contribution in [0.25, 0.3) is 0 Å². The number of ether oxygens (including phenoxy) is 4. The minimum absolute atomic E-state index is 0.0151. The Morgan fingerprint density at radius 3 is 2.06 bits per heavy atom. The number of hydrogen-bond acceptors (Lipinski definition) is 7. The van der Waals surface area contributed by atoms with Gasteiger partial charge in [-0.25, -0.2) is 0 Å². The lowest BCUT2D eigenvalue weighted by atomic mass is 10.2. The Balaban J connectivity index is 1.93. The van der Waals surface area contributed by atoms with Crippen LogP contribution in [0, 0.1) is 0 Å². The Bertz CT molecular complexity index is 919. The largest absolute Gasteiger partial charge is 0.497 e. The number of nitrogens with one attached hydrogen (secondary N) is 2. The number of amides is 2. The first-order valence-electron chi connectivity index (χ1n) is 10.3. The first kappa shape index (κ1) is 24.8. The number of hydrogen-bond donors (Lipinski definition) is 2. The van der Waals surface area contributed by atoms with Gasteiger partial charge in [-0.1, -0.05) is 0 Å².